The number of rotatable bonds is 1. The predicted octanol–water partition coefficient (Wildman–Crippen LogP) is 1.98. The van der Waals surface area contributed by atoms with Crippen molar-refractivity contribution in [2.24, 2.45) is 11.7 Å². The number of hydrogen-bond donors (Lipinski definition) is 1. The largest absolute Gasteiger partial charge is 0.319 e. The van der Waals surface area contributed by atoms with Crippen LogP contribution in [-0.2, 0) is 27.5 Å². The van der Waals surface area contributed by atoms with Gasteiger partial charge in [-0.1, -0.05) is 6.92 Å². The Bertz CT molecular complexity index is 584. The van der Waals surface area contributed by atoms with E-state index in [2.05, 4.69) is 11.9 Å². The van der Waals surface area contributed by atoms with Crippen LogP contribution in [0.15, 0.2) is 0 Å². The summed E-state index contributed by atoms with van der Waals surface area (Å²) < 4.78 is 23.3. The number of nitrogens with two attached hydrogens (primary N) is 1. The van der Waals surface area contributed by atoms with E-state index in [1.165, 1.54) is 11.3 Å². The molecule has 1 fully saturated rings. The molecule has 0 amide bonds. The van der Waals surface area contributed by atoms with E-state index in [0.717, 1.165) is 47.2 Å². The van der Waals surface area contributed by atoms with Gasteiger partial charge in [0.25, 0.3) is 0 Å². The number of nitrogens with zero attached hydrogens (tertiary/aromatic N) is 1. The normalized spacial score (nSPS) is 33.9. The van der Waals surface area contributed by atoms with E-state index in [0.29, 0.717) is 6.42 Å². The van der Waals surface area contributed by atoms with Crippen LogP contribution in [0, 0.1) is 5.92 Å². The molecular weight excluding hydrogens is 280 g/mol. The molecule has 4 nitrogen and oxygen atoms in total. The molecule has 1 aromatic heterocycles. The van der Waals surface area contributed by atoms with Crippen LogP contribution < -0.4 is 5.73 Å². The summed E-state index contributed by atoms with van der Waals surface area (Å²) in [6.07, 6.45) is 4.76. The average Bonchev–Trinajstić information content (AvgIpc) is 2.75. The van der Waals surface area contributed by atoms with Gasteiger partial charge < -0.3 is 5.73 Å². The Kier molecular flexibility index (Phi) is 3.22. The highest BCUT2D eigenvalue weighted by atomic mass is 32.2. The zero-order valence-corrected chi connectivity index (χ0v) is 12.8. The number of aryl methyl sites for hydroxylation is 1. The van der Waals surface area contributed by atoms with Crippen molar-refractivity contribution < 1.29 is 8.42 Å². The molecule has 0 spiro atoms. The molecule has 106 valence electrons. The first-order chi connectivity index (χ1) is 8.88. The molecule has 1 aliphatic heterocycles. The molecule has 6 heteroatoms. The summed E-state index contributed by atoms with van der Waals surface area (Å²) in [6, 6.07) is 0. The van der Waals surface area contributed by atoms with E-state index in [4.69, 9.17) is 5.73 Å². The summed E-state index contributed by atoms with van der Waals surface area (Å²) in [5.41, 5.74) is 7.17. The predicted molar refractivity (Wildman–Crippen MR) is 76.8 cm³/mol. The lowest BCUT2D eigenvalue weighted by atomic mass is 9.78. The fourth-order valence-corrected chi connectivity index (χ4v) is 5.97. The second-order valence-electron chi connectivity index (χ2n) is 6.07. The lowest BCUT2D eigenvalue weighted by Crippen LogP contribution is -2.40. The van der Waals surface area contributed by atoms with E-state index in [1.807, 2.05) is 0 Å². The first kappa shape index (κ1) is 13.5. The lowest BCUT2D eigenvalue weighted by molar-refractivity contribution is 0.247. The monoisotopic (exact) mass is 300 g/mol. The maximum absolute atomic E-state index is 11.7. The minimum absolute atomic E-state index is 0.159. The zero-order chi connectivity index (χ0) is 13.7. The highest BCUT2D eigenvalue weighted by molar-refractivity contribution is 7.90. The van der Waals surface area contributed by atoms with Gasteiger partial charge in [-0.2, -0.15) is 0 Å². The molecule has 0 aromatic carbocycles. The van der Waals surface area contributed by atoms with Crippen LogP contribution in [0.5, 0.6) is 0 Å². The van der Waals surface area contributed by atoms with Gasteiger partial charge >= 0.3 is 0 Å². The molecule has 2 aliphatic rings. The van der Waals surface area contributed by atoms with Gasteiger partial charge in [-0.3, -0.25) is 0 Å². The standard InChI is InChI=1S/C13H20N2O2S2/c1-9-2-5-13(14,6-3-9)12-15-10-4-7-19(16,17)8-11(10)18-12/h9H,2-8,14H2,1H3. The van der Waals surface area contributed by atoms with Crippen LogP contribution in [0.3, 0.4) is 0 Å². The van der Waals surface area contributed by atoms with Gasteiger partial charge in [0.05, 0.1) is 22.7 Å². The molecule has 1 aliphatic carbocycles. The highest BCUT2D eigenvalue weighted by Gasteiger charge is 2.36. The van der Waals surface area contributed by atoms with E-state index < -0.39 is 9.84 Å². The summed E-state index contributed by atoms with van der Waals surface area (Å²) in [7, 11) is -2.91. The van der Waals surface area contributed by atoms with Gasteiger partial charge in [-0.05, 0) is 31.6 Å². The Morgan fingerprint density at radius 2 is 2.05 bits per heavy atom. The smallest absolute Gasteiger partial charge is 0.155 e. The lowest BCUT2D eigenvalue weighted by Gasteiger charge is -2.34. The molecule has 19 heavy (non-hydrogen) atoms. The molecule has 0 saturated heterocycles. The Labute approximate surface area is 118 Å². The van der Waals surface area contributed by atoms with Crippen LogP contribution in [0.4, 0.5) is 0 Å². The molecule has 0 unspecified atom stereocenters. The molecule has 0 radical (unpaired) electrons. The van der Waals surface area contributed by atoms with Crippen LogP contribution in [0.2, 0.25) is 0 Å². The van der Waals surface area contributed by atoms with Crippen molar-refractivity contribution in [3.8, 4) is 0 Å². The van der Waals surface area contributed by atoms with Crippen molar-refractivity contribution in [3.05, 3.63) is 15.6 Å². The minimum Gasteiger partial charge on any atom is -0.319 e. The number of aromatic nitrogens is 1. The van der Waals surface area contributed by atoms with Crippen LogP contribution >= 0.6 is 11.3 Å². The third-order valence-electron chi connectivity index (χ3n) is 4.37. The Balaban J connectivity index is 1.89. The van der Waals surface area contributed by atoms with Gasteiger partial charge in [0.2, 0.25) is 0 Å². The van der Waals surface area contributed by atoms with Crippen LogP contribution in [0.25, 0.3) is 0 Å². The summed E-state index contributed by atoms with van der Waals surface area (Å²) in [5.74, 6) is 1.14. The van der Waals surface area contributed by atoms with E-state index in [9.17, 15) is 8.42 Å². The van der Waals surface area contributed by atoms with E-state index in [-0.39, 0.29) is 17.0 Å². The fourth-order valence-electron chi connectivity index (χ4n) is 2.92. The summed E-state index contributed by atoms with van der Waals surface area (Å²) in [5, 5.41) is 0.960. The number of hydrogen-bond acceptors (Lipinski definition) is 5. The van der Waals surface area contributed by atoms with Crippen molar-refractivity contribution >= 4 is 21.2 Å². The molecule has 0 atom stereocenters. The first-order valence-electron chi connectivity index (χ1n) is 6.86. The Hall–Kier alpha value is -0.460. The van der Waals surface area contributed by atoms with Crippen molar-refractivity contribution in [1.82, 2.24) is 4.98 Å². The van der Waals surface area contributed by atoms with E-state index >= 15 is 0 Å². The second-order valence-corrected chi connectivity index (χ2v) is 9.34. The van der Waals surface area contributed by atoms with Crippen molar-refractivity contribution in [1.29, 1.82) is 0 Å². The van der Waals surface area contributed by atoms with Crippen molar-refractivity contribution in [3.63, 3.8) is 0 Å². The highest BCUT2D eigenvalue weighted by Crippen LogP contribution is 2.40. The van der Waals surface area contributed by atoms with Gasteiger partial charge in [0, 0.05) is 11.3 Å². The summed E-state index contributed by atoms with van der Waals surface area (Å²) in [6.45, 7) is 2.26. The summed E-state index contributed by atoms with van der Waals surface area (Å²) >= 11 is 1.53. The fraction of sp³-hybridized carbons (Fsp3) is 0.769. The Morgan fingerprint density at radius 1 is 1.37 bits per heavy atom. The molecule has 2 N–H and O–H groups in total. The molecule has 1 aromatic rings. The Morgan fingerprint density at radius 3 is 2.74 bits per heavy atom. The maximum Gasteiger partial charge on any atom is 0.155 e. The number of fused-ring (bicyclic) bond motifs is 1. The van der Waals surface area contributed by atoms with Gasteiger partial charge in [0.1, 0.15) is 5.01 Å². The van der Waals surface area contributed by atoms with Crippen molar-refractivity contribution in [2.45, 2.75) is 50.3 Å². The number of thiazole rings is 1. The maximum atomic E-state index is 11.7. The van der Waals surface area contributed by atoms with Gasteiger partial charge in [0.15, 0.2) is 9.84 Å². The summed E-state index contributed by atoms with van der Waals surface area (Å²) in [4.78, 5) is 5.59. The second kappa shape index (κ2) is 4.53. The van der Waals surface area contributed by atoms with E-state index in [1.54, 1.807) is 0 Å². The number of sulfone groups is 1. The molecule has 1 saturated carbocycles. The van der Waals surface area contributed by atoms with Gasteiger partial charge in [-0.25, -0.2) is 13.4 Å². The average molecular weight is 300 g/mol. The zero-order valence-electron chi connectivity index (χ0n) is 11.2. The van der Waals surface area contributed by atoms with Gasteiger partial charge in [-0.15, -0.1) is 11.3 Å². The van der Waals surface area contributed by atoms with Crippen molar-refractivity contribution in [2.75, 3.05) is 5.75 Å². The molecular formula is C13H20N2O2S2. The molecule has 2 heterocycles. The SMILES string of the molecule is CC1CCC(N)(c2nc3c(s2)CS(=O)(=O)CC3)CC1. The van der Waals surface area contributed by atoms with Crippen LogP contribution in [-0.4, -0.2) is 19.2 Å². The third-order valence-corrected chi connectivity index (χ3v) is 7.43. The minimum atomic E-state index is -2.91. The third kappa shape index (κ3) is 2.58. The van der Waals surface area contributed by atoms with Crippen LogP contribution in [0.1, 0.15) is 48.2 Å². The topological polar surface area (TPSA) is 73.0 Å². The molecule has 0 bridgehead atoms. The molecule has 3 rings (SSSR count). The quantitative estimate of drug-likeness (QED) is 0.860. The first-order valence-corrected chi connectivity index (χ1v) is 9.50.